The van der Waals surface area contributed by atoms with Gasteiger partial charge in [0.05, 0.1) is 5.33 Å². The van der Waals surface area contributed by atoms with Gasteiger partial charge in [-0.25, -0.2) is 9.79 Å². The number of Topliss-reactive ketones (excluding diaryl/α,β-unsaturated/α-hetero) is 1. The second-order valence-corrected chi connectivity index (χ2v) is 5.53. The summed E-state index contributed by atoms with van der Waals surface area (Å²) in [5.41, 5.74) is -1.09. The van der Waals surface area contributed by atoms with Gasteiger partial charge in [-0.05, 0) is 26.2 Å². The summed E-state index contributed by atoms with van der Waals surface area (Å²) in [5, 5.41) is 3.06. The van der Waals surface area contributed by atoms with E-state index in [1.807, 2.05) is 0 Å². The molecule has 0 aromatic rings. The van der Waals surface area contributed by atoms with E-state index in [0.29, 0.717) is 13.1 Å². The van der Waals surface area contributed by atoms with Crippen molar-refractivity contribution in [1.82, 2.24) is 10.2 Å². The molecule has 1 atom stereocenters. The molecule has 2 heterocycles. The van der Waals surface area contributed by atoms with Crippen LogP contribution in [0.25, 0.3) is 0 Å². The Morgan fingerprint density at radius 3 is 2.80 bits per heavy atom. The van der Waals surface area contributed by atoms with Crippen molar-refractivity contribution in [1.29, 1.82) is 0 Å². The predicted octanol–water partition coefficient (Wildman–Crippen LogP) is 1.80. The average molecular weight is 344 g/mol. The van der Waals surface area contributed by atoms with Gasteiger partial charge >= 0.3 is 6.09 Å². The molecule has 110 valence electrons. The molecule has 6 nitrogen and oxygen atoms in total. The van der Waals surface area contributed by atoms with Gasteiger partial charge in [-0.3, -0.25) is 4.79 Å². The van der Waals surface area contributed by atoms with E-state index in [-0.39, 0.29) is 17.0 Å². The molecule has 2 aliphatic heterocycles. The third-order valence-corrected chi connectivity index (χ3v) is 3.90. The molecular formula is C13H18BrN3O3. The third kappa shape index (κ3) is 3.39. The van der Waals surface area contributed by atoms with Gasteiger partial charge in [-0.2, -0.15) is 0 Å². The van der Waals surface area contributed by atoms with Crippen LogP contribution >= 0.6 is 15.9 Å². The van der Waals surface area contributed by atoms with Crippen molar-refractivity contribution in [2.75, 3.05) is 18.4 Å². The number of nitrogens with one attached hydrogen (secondary N) is 1. The zero-order chi connectivity index (χ0) is 14.6. The van der Waals surface area contributed by atoms with E-state index in [2.05, 4.69) is 26.2 Å². The minimum atomic E-state index is -1.09. The number of halogens is 1. The molecule has 0 aromatic carbocycles. The van der Waals surface area contributed by atoms with Gasteiger partial charge in [0.25, 0.3) is 0 Å². The van der Waals surface area contributed by atoms with Crippen molar-refractivity contribution in [3.05, 3.63) is 12.3 Å². The van der Waals surface area contributed by atoms with Crippen LogP contribution in [0.15, 0.2) is 17.3 Å². The summed E-state index contributed by atoms with van der Waals surface area (Å²) in [6.07, 6.45) is 5.87. The Balaban J connectivity index is 2.02. The molecule has 0 aromatic heterocycles. The van der Waals surface area contributed by atoms with Crippen LogP contribution in [0, 0.1) is 0 Å². The zero-order valence-corrected chi connectivity index (χ0v) is 13.0. The van der Waals surface area contributed by atoms with Gasteiger partial charge in [-0.15, -0.1) is 0 Å². The number of alkyl halides is 1. The quantitative estimate of drug-likeness (QED) is 0.776. The van der Waals surface area contributed by atoms with Crippen LogP contribution < -0.4 is 5.32 Å². The summed E-state index contributed by atoms with van der Waals surface area (Å²) in [4.78, 5) is 29.7. The van der Waals surface area contributed by atoms with Gasteiger partial charge in [0.2, 0.25) is 5.90 Å². The molecular weight excluding hydrogens is 326 g/mol. The molecule has 1 N–H and O–H groups in total. The first-order valence-corrected chi connectivity index (χ1v) is 7.77. The fraction of sp³-hybridized carbons (Fsp3) is 0.615. The number of piperidine rings is 1. The average Bonchev–Trinajstić information content (AvgIpc) is 2.47. The summed E-state index contributed by atoms with van der Waals surface area (Å²) in [7, 11) is 0. The zero-order valence-electron chi connectivity index (χ0n) is 11.4. The van der Waals surface area contributed by atoms with Crippen molar-refractivity contribution in [2.24, 2.45) is 4.99 Å². The fourth-order valence-corrected chi connectivity index (χ4v) is 2.67. The normalized spacial score (nSPS) is 25.7. The number of hydrogen-bond acceptors (Lipinski definition) is 5. The number of amides is 1. The first-order chi connectivity index (χ1) is 9.55. The van der Waals surface area contributed by atoms with E-state index in [1.165, 1.54) is 0 Å². The molecule has 0 saturated carbocycles. The first kappa shape index (κ1) is 15.0. The van der Waals surface area contributed by atoms with Crippen LogP contribution in [0.4, 0.5) is 4.79 Å². The first-order valence-electron chi connectivity index (χ1n) is 6.65. The lowest BCUT2D eigenvalue weighted by Gasteiger charge is -2.29. The Morgan fingerprint density at radius 1 is 1.45 bits per heavy atom. The minimum Gasteiger partial charge on any atom is -0.391 e. The van der Waals surface area contributed by atoms with Gasteiger partial charge in [0, 0.05) is 25.4 Å². The molecule has 1 unspecified atom stereocenters. The molecule has 0 bridgehead atoms. The van der Waals surface area contributed by atoms with E-state index in [9.17, 15) is 9.59 Å². The molecule has 20 heavy (non-hydrogen) atoms. The second kappa shape index (κ2) is 6.39. The van der Waals surface area contributed by atoms with Crippen molar-refractivity contribution in [2.45, 2.75) is 31.8 Å². The lowest BCUT2D eigenvalue weighted by Crippen LogP contribution is -2.49. The number of hydrogen-bond donors (Lipinski definition) is 1. The number of carbonyl (C=O) groups is 2. The van der Waals surface area contributed by atoms with Gasteiger partial charge in [-0.1, -0.05) is 15.9 Å². The Kier molecular flexibility index (Phi) is 4.80. The molecule has 1 amide bonds. The number of rotatable bonds is 2. The monoisotopic (exact) mass is 343 g/mol. The lowest BCUT2D eigenvalue weighted by atomic mass is 10.1. The number of nitrogens with zero attached hydrogens (tertiary/aromatic N) is 2. The van der Waals surface area contributed by atoms with E-state index in [0.717, 1.165) is 19.3 Å². The maximum absolute atomic E-state index is 12.0. The van der Waals surface area contributed by atoms with Gasteiger partial charge < -0.3 is 15.0 Å². The van der Waals surface area contributed by atoms with Crippen LogP contribution in [0.5, 0.6) is 0 Å². The Bertz CT molecular complexity index is 458. The highest BCUT2D eigenvalue weighted by Crippen LogP contribution is 2.16. The van der Waals surface area contributed by atoms with Gasteiger partial charge in [0.1, 0.15) is 0 Å². The SMILES string of the molecule is CC1(C(=O)CBr)N=C(OC(=O)N2CCCCC2)C=CN1. The molecule has 2 aliphatic rings. The maximum Gasteiger partial charge on any atom is 0.416 e. The Morgan fingerprint density at radius 2 is 2.15 bits per heavy atom. The molecule has 1 fully saturated rings. The van der Waals surface area contributed by atoms with Crippen LogP contribution in [-0.2, 0) is 9.53 Å². The number of carbonyl (C=O) groups excluding carboxylic acids is 2. The smallest absolute Gasteiger partial charge is 0.391 e. The number of ether oxygens (including phenoxy) is 1. The highest BCUT2D eigenvalue weighted by Gasteiger charge is 2.33. The summed E-state index contributed by atoms with van der Waals surface area (Å²) in [5.74, 6) is 0.0319. The highest BCUT2D eigenvalue weighted by atomic mass is 79.9. The van der Waals surface area contributed by atoms with E-state index < -0.39 is 11.8 Å². The maximum atomic E-state index is 12.0. The van der Waals surface area contributed by atoms with Crippen LogP contribution in [0.1, 0.15) is 26.2 Å². The molecule has 0 radical (unpaired) electrons. The summed E-state index contributed by atoms with van der Waals surface area (Å²) < 4.78 is 5.26. The van der Waals surface area contributed by atoms with Crippen molar-refractivity contribution < 1.29 is 14.3 Å². The summed E-state index contributed by atoms with van der Waals surface area (Å²) in [6, 6.07) is 0. The van der Waals surface area contributed by atoms with Gasteiger partial charge in [0.15, 0.2) is 11.4 Å². The lowest BCUT2D eigenvalue weighted by molar-refractivity contribution is -0.121. The predicted molar refractivity (Wildman–Crippen MR) is 78.8 cm³/mol. The molecule has 7 heteroatoms. The van der Waals surface area contributed by atoms with Crippen molar-refractivity contribution in [3.8, 4) is 0 Å². The second-order valence-electron chi connectivity index (χ2n) is 4.97. The van der Waals surface area contributed by atoms with E-state index in [1.54, 1.807) is 24.1 Å². The van der Waals surface area contributed by atoms with Crippen LogP contribution in [0.2, 0.25) is 0 Å². The summed E-state index contributed by atoms with van der Waals surface area (Å²) in [6.45, 7) is 3.08. The van der Waals surface area contributed by atoms with Crippen LogP contribution in [0.3, 0.4) is 0 Å². The molecule has 0 aliphatic carbocycles. The summed E-state index contributed by atoms with van der Waals surface area (Å²) >= 11 is 3.12. The molecule has 0 spiro atoms. The standard InChI is InChI=1S/C13H18BrN3O3/c1-13(10(18)9-14)15-6-5-11(16-13)20-12(19)17-7-3-2-4-8-17/h5-6,15H,2-4,7-9H2,1H3. The van der Waals surface area contributed by atoms with Crippen molar-refractivity contribution in [3.63, 3.8) is 0 Å². The van der Waals surface area contributed by atoms with E-state index in [4.69, 9.17) is 4.74 Å². The molecule has 1 saturated heterocycles. The van der Waals surface area contributed by atoms with Crippen molar-refractivity contribution >= 4 is 33.7 Å². The molecule has 2 rings (SSSR count). The largest absolute Gasteiger partial charge is 0.416 e. The number of aliphatic imine (C=N–C) groups is 1. The Labute approximate surface area is 126 Å². The topological polar surface area (TPSA) is 71.0 Å². The number of ketones is 1. The number of likely N-dealkylation sites (tertiary alicyclic amines) is 1. The van der Waals surface area contributed by atoms with Crippen LogP contribution in [-0.4, -0.2) is 46.8 Å². The fourth-order valence-electron chi connectivity index (χ4n) is 2.13. The minimum absolute atomic E-state index is 0.131. The Hall–Kier alpha value is -1.37. The third-order valence-electron chi connectivity index (χ3n) is 3.39. The highest BCUT2D eigenvalue weighted by molar-refractivity contribution is 9.09. The van der Waals surface area contributed by atoms with E-state index >= 15 is 0 Å².